The van der Waals surface area contributed by atoms with Crippen LogP contribution in [0.1, 0.15) is 42.1 Å². The van der Waals surface area contributed by atoms with Crippen LogP contribution in [0, 0.1) is 5.92 Å². The summed E-state index contributed by atoms with van der Waals surface area (Å²) >= 11 is 0. The lowest BCUT2D eigenvalue weighted by Gasteiger charge is -2.24. The second-order valence-corrected chi connectivity index (χ2v) is 7.17. The molecule has 0 saturated heterocycles. The van der Waals surface area contributed by atoms with Crippen molar-refractivity contribution < 1.29 is 22.7 Å². The number of nitrogens with one attached hydrogen (secondary N) is 1. The van der Waals surface area contributed by atoms with Crippen molar-refractivity contribution in [3.8, 4) is 0 Å². The van der Waals surface area contributed by atoms with E-state index in [1.54, 1.807) is 19.3 Å². The van der Waals surface area contributed by atoms with Crippen molar-refractivity contribution in [1.82, 2.24) is 10.3 Å². The molecule has 1 heterocycles. The number of rotatable bonds is 5. The number of allylic oxidation sites excluding steroid dienone is 2. The molecule has 0 spiro atoms. The first-order chi connectivity index (χ1) is 13.3. The summed E-state index contributed by atoms with van der Waals surface area (Å²) in [6.07, 6.45) is -0.567. The molecule has 1 amide bonds. The van der Waals surface area contributed by atoms with Crippen molar-refractivity contribution >= 4 is 22.4 Å². The number of carbonyl (C=O) groups is 1. The molecule has 0 bridgehead atoms. The van der Waals surface area contributed by atoms with E-state index in [1.165, 1.54) is 6.20 Å². The molecule has 1 aromatic heterocycles. The Labute approximate surface area is 161 Å². The zero-order chi connectivity index (χ0) is 20.3. The minimum absolute atomic E-state index is 0.0165. The number of halogens is 3. The summed E-state index contributed by atoms with van der Waals surface area (Å²) in [6.45, 7) is 2.23. The molecule has 1 unspecified atom stereocenters. The molecule has 4 nitrogen and oxygen atoms in total. The Hall–Kier alpha value is -2.41. The SMILES string of the molecule is COC[C@H](C)NC(=O)c1cnc2cccc(C3=CCC(C(F)(F)F)CC3)c2c1. The number of benzene rings is 1. The highest BCUT2D eigenvalue weighted by Crippen LogP contribution is 2.40. The van der Waals surface area contributed by atoms with E-state index in [0.29, 0.717) is 24.1 Å². The van der Waals surface area contributed by atoms with Crippen molar-refractivity contribution in [2.24, 2.45) is 5.92 Å². The van der Waals surface area contributed by atoms with Gasteiger partial charge in [0.1, 0.15) is 0 Å². The number of methoxy groups -OCH3 is 1. The molecule has 3 rings (SSSR count). The lowest BCUT2D eigenvalue weighted by Crippen LogP contribution is -2.35. The zero-order valence-corrected chi connectivity index (χ0v) is 15.8. The maximum atomic E-state index is 12.9. The van der Waals surface area contributed by atoms with Gasteiger partial charge in [0.15, 0.2) is 0 Å². The molecule has 28 heavy (non-hydrogen) atoms. The number of carbonyl (C=O) groups excluding carboxylic acids is 1. The van der Waals surface area contributed by atoms with Gasteiger partial charge < -0.3 is 10.1 Å². The Balaban J connectivity index is 1.90. The fourth-order valence-corrected chi connectivity index (χ4v) is 3.53. The quantitative estimate of drug-likeness (QED) is 0.799. The van der Waals surface area contributed by atoms with Crippen molar-refractivity contribution in [1.29, 1.82) is 0 Å². The molecule has 0 aliphatic heterocycles. The standard InChI is InChI=1S/C21H23F3N2O2/c1-13(12-28-2)26-20(27)15-10-18-17(4-3-5-19(18)25-11-15)14-6-8-16(9-7-14)21(22,23)24/h3-6,10-11,13,16H,7-9,12H2,1-2H3,(H,26,27)/t13-,16?/m0/s1. The van der Waals surface area contributed by atoms with Gasteiger partial charge in [-0.1, -0.05) is 18.2 Å². The van der Waals surface area contributed by atoms with Crippen molar-refractivity contribution in [3.63, 3.8) is 0 Å². The van der Waals surface area contributed by atoms with E-state index in [-0.39, 0.29) is 24.8 Å². The number of hydrogen-bond acceptors (Lipinski definition) is 3. The van der Waals surface area contributed by atoms with Crippen LogP contribution in [0.3, 0.4) is 0 Å². The summed E-state index contributed by atoms with van der Waals surface area (Å²) in [4.78, 5) is 16.8. The average molecular weight is 392 g/mol. The summed E-state index contributed by atoms with van der Waals surface area (Å²) in [7, 11) is 1.56. The third kappa shape index (κ3) is 4.52. The van der Waals surface area contributed by atoms with Gasteiger partial charge in [0, 0.05) is 24.7 Å². The van der Waals surface area contributed by atoms with Gasteiger partial charge in [-0.15, -0.1) is 0 Å². The lowest BCUT2D eigenvalue weighted by molar-refractivity contribution is -0.175. The van der Waals surface area contributed by atoms with Crippen molar-refractivity contribution in [2.45, 2.75) is 38.4 Å². The molecule has 0 radical (unpaired) electrons. The first-order valence-corrected chi connectivity index (χ1v) is 9.24. The molecular formula is C21H23F3N2O2. The number of aromatic nitrogens is 1. The monoisotopic (exact) mass is 392 g/mol. The van der Waals surface area contributed by atoms with E-state index in [9.17, 15) is 18.0 Å². The van der Waals surface area contributed by atoms with Gasteiger partial charge in [0.2, 0.25) is 0 Å². The smallest absolute Gasteiger partial charge is 0.383 e. The molecule has 1 aliphatic rings. The minimum atomic E-state index is -4.16. The van der Waals surface area contributed by atoms with Crippen LogP contribution in [-0.4, -0.2) is 36.8 Å². The number of amides is 1. The molecule has 150 valence electrons. The highest BCUT2D eigenvalue weighted by molar-refractivity contribution is 6.00. The van der Waals surface area contributed by atoms with Gasteiger partial charge >= 0.3 is 6.18 Å². The molecule has 1 aromatic carbocycles. The summed E-state index contributed by atoms with van der Waals surface area (Å²) in [5.74, 6) is -1.54. The molecular weight excluding hydrogens is 369 g/mol. The molecule has 0 fully saturated rings. The van der Waals surface area contributed by atoms with Gasteiger partial charge in [-0.25, -0.2) is 0 Å². The second kappa shape index (κ2) is 8.31. The van der Waals surface area contributed by atoms with Gasteiger partial charge in [-0.3, -0.25) is 9.78 Å². The summed E-state index contributed by atoms with van der Waals surface area (Å²) < 4.78 is 43.8. The summed E-state index contributed by atoms with van der Waals surface area (Å²) in [5.41, 5.74) is 2.83. The van der Waals surface area contributed by atoms with Gasteiger partial charge in [0.05, 0.1) is 23.6 Å². The van der Waals surface area contributed by atoms with Crippen molar-refractivity contribution in [2.75, 3.05) is 13.7 Å². The molecule has 2 aromatic rings. The third-order valence-corrected chi connectivity index (χ3v) is 5.00. The van der Waals surface area contributed by atoms with Crippen LogP contribution in [0.4, 0.5) is 13.2 Å². The average Bonchev–Trinajstić information content (AvgIpc) is 2.66. The van der Waals surface area contributed by atoms with E-state index >= 15 is 0 Å². The summed E-state index contributed by atoms with van der Waals surface area (Å²) in [5, 5.41) is 3.61. The number of ether oxygens (including phenoxy) is 1. The predicted octanol–water partition coefficient (Wildman–Crippen LogP) is 4.75. The summed E-state index contributed by atoms with van der Waals surface area (Å²) in [6, 6.07) is 7.14. The topological polar surface area (TPSA) is 51.2 Å². The number of pyridine rings is 1. The van der Waals surface area contributed by atoms with Crippen LogP contribution in [-0.2, 0) is 4.74 Å². The predicted molar refractivity (Wildman–Crippen MR) is 102 cm³/mol. The third-order valence-electron chi connectivity index (χ3n) is 5.00. The maximum absolute atomic E-state index is 12.9. The fourth-order valence-electron chi connectivity index (χ4n) is 3.53. The molecule has 2 atom stereocenters. The second-order valence-electron chi connectivity index (χ2n) is 7.17. The Morgan fingerprint density at radius 1 is 1.39 bits per heavy atom. The van der Waals surface area contributed by atoms with E-state index in [0.717, 1.165) is 16.5 Å². The molecule has 1 aliphatic carbocycles. The number of hydrogen-bond donors (Lipinski definition) is 1. The Bertz CT molecular complexity index is 893. The van der Waals surface area contributed by atoms with Crippen LogP contribution < -0.4 is 5.32 Å². The van der Waals surface area contributed by atoms with Crippen LogP contribution in [0.5, 0.6) is 0 Å². The first-order valence-electron chi connectivity index (χ1n) is 9.24. The largest absolute Gasteiger partial charge is 0.392 e. The van der Waals surface area contributed by atoms with Crippen LogP contribution >= 0.6 is 0 Å². The van der Waals surface area contributed by atoms with Gasteiger partial charge in [0.25, 0.3) is 5.91 Å². The maximum Gasteiger partial charge on any atom is 0.392 e. The molecule has 7 heteroatoms. The highest BCUT2D eigenvalue weighted by Gasteiger charge is 2.39. The number of fused-ring (bicyclic) bond motifs is 1. The Morgan fingerprint density at radius 3 is 2.82 bits per heavy atom. The normalized spacial score (nSPS) is 18.6. The Morgan fingerprint density at radius 2 is 2.18 bits per heavy atom. The Kier molecular flexibility index (Phi) is 6.03. The van der Waals surface area contributed by atoms with E-state index < -0.39 is 12.1 Å². The first kappa shape index (κ1) is 20.3. The minimum Gasteiger partial charge on any atom is -0.383 e. The number of alkyl halides is 3. The molecule has 1 N–H and O–H groups in total. The van der Waals surface area contributed by atoms with Gasteiger partial charge in [-0.05, 0) is 49.5 Å². The van der Waals surface area contributed by atoms with Crippen LogP contribution in [0.2, 0.25) is 0 Å². The van der Waals surface area contributed by atoms with Crippen LogP contribution in [0.15, 0.2) is 36.5 Å². The van der Waals surface area contributed by atoms with E-state index in [2.05, 4.69) is 10.3 Å². The van der Waals surface area contributed by atoms with Crippen LogP contribution in [0.25, 0.3) is 16.5 Å². The zero-order valence-electron chi connectivity index (χ0n) is 15.8. The lowest BCUT2D eigenvalue weighted by atomic mass is 9.85. The van der Waals surface area contributed by atoms with Gasteiger partial charge in [-0.2, -0.15) is 13.2 Å². The fraction of sp³-hybridized carbons (Fsp3) is 0.429. The number of nitrogens with zero attached hydrogens (tertiary/aromatic N) is 1. The molecule has 0 saturated carbocycles. The van der Waals surface area contributed by atoms with E-state index in [4.69, 9.17) is 4.74 Å². The van der Waals surface area contributed by atoms with Crippen molar-refractivity contribution in [3.05, 3.63) is 47.7 Å². The highest BCUT2D eigenvalue weighted by atomic mass is 19.4. The van der Waals surface area contributed by atoms with E-state index in [1.807, 2.05) is 25.1 Å².